The zero-order valence-corrected chi connectivity index (χ0v) is 12.8. The number of aldehydes is 1. The standard InChI is InChI=1S/C18H19NO3/c1-19(2)11-12-22-17-9-7-15(8-10-17)14-3-5-16(6-4-14)18(21)13-20/h3-10,13H,11-12H2,1-2H3. The lowest BCUT2D eigenvalue weighted by molar-refractivity contribution is -0.104. The number of hydrogen-bond acceptors (Lipinski definition) is 4. The number of benzene rings is 2. The fraction of sp³-hybridized carbons (Fsp3) is 0.222. The Balaban J connectivity index is 2.03. The van der Waals surface area contributed by atoms with Crippen molar-refractivity contribution < 1.29 is 14.3 Å². The third-order valence-electron chi connectivity index (χ3n) is 3.27. The highest BCUT2D eigenvalue weighted by Gasteiger charge is 2.04. The maximum Gasteiger partial charge on any atom is 0.225 e. The van der Waals surface area contributed by atoms with Gasteiger partial charge in [-0.25, -0.2) is 0 Å². The summed E-state index contributed by atoms with van der Waals surface area (Å²) in [6.45, 7) is 1.52. The van der Waals surface area contributed by atoms with Crippen LogP contribution >= 0.6 is 0 Å². The Morgan fingerprint density at radius 1 is 1.00 bits per heavy atom. The first-order chi connectivity index (χ1) is 10.6. The van der Waals surface area contributed by atoms with Gasteiger partial charge in [0.15, 0.2) is 6.29 Å². The number of nitrogens with zero attached hydrogens (tertiary/aromatic N) is 1. The lowest BCUT2D eigenvalue weighted by Crippen LogP contribution is -2.19. The molecule has 0 amide bonds. The molecule has 2 rings (SSSR count). The van der Waals surface area contributed by atoms with Gasteiger partial charge >= 0.3 is 0 Å². The molecule has 0 radical (unpaired) electrons. The van der Waals surface area contributed by atoms with Gasteiger partial charge in [-0.1, -0.05) is 36.4 Å². The number of ether oxygens (including phenoxy) is 1. The fourth-order valence-electron chi connectivity index (χ4n) is 1.98. The highest BCUT2D eigenvalue weighted by Crippen LogP contribution is 2.22. The van der Waals surface area contributed by atoms with E-state index >= 15 is 0 Å². The number of rotatable bonds is 7. The Kier molecular flexibility index (Phi) is 5.44. The van der Waals surface area contributed by atoms with Gasteiger partial charge in [0.2, 0.25) is 5.78 Å². The molecule has 0 N–H and O–H groups in total. The van der Waals surface area contributed by atoms with E-state index in [2.05, 4.69) is 4.90 Å². The average molecular weight is 297 g/mol. The molecule has 2 aromatic rings. The predicted molar refractivity (Wildman–Crippen MR) is 86.3 cm³/mol. The largest absolute Gasteiger partial charge is 0.492 e. The molecule has 0 aliphatic rings. The molecule has 0 heterocycles. The van der Waals surface area contributed by atoms with Gasteiger partial charge < -0.3 is 9.64 Å². The van der Waals surface area contributed by atoms with Crippen molar-refractivity contribution in [2.45, 2.75) is 0 Å². The van der Waals surface area contributed by atoms with E-state index in [9.17, 15) is 9.59 Å². The highest BCUT2D eigenvalue weighted by atomic mass is 16.5. The molecule has 4 nitrogen and oxygen atoms in total. The van der Waals surface area contributed by atoms with Crippen LogP contribution in [0.4, 0.5) is 0 Å². The number of likely N-dealkylation sites (N-methyl/N-ethyl adjacent to an activating group) is 1. The molecule has 0 aliphatic carbocycles. The van der Waals surface area contributed by atoms with Crippen molar-refractivity contribution in [2.24, 2.45) is 0 Å². The van der Waals surface area contributed by atoms with Gasteiger partial charge in [0.25, 0.3) is 0 Å². The maximum absolute atomic E-state index is 11.3. The molecule has 0 saturated heterocycles. The van der Waals surface area contributed by atoms with Gasteiger partial charge in [0, 0.05) is 12.1 Å². The fourth-order valence-corrected chi connectivity index (χ4v) is 1.98. The van der Waals surface area contributed by atoms with Crippen LogP contribution in [-0.4, -0.2) is 44.2 Å². The van der Waals surface area contributed by atoms with E-state index in [0.29, 0.717) is 18.5 Å². The first-order valence-corrected chi connectivity index (χ1v) is 7.07. The van der Waals surface area contributed by atoms with E-state index in [-0.39, 0.29) is 0 Å². The molecule has 0 saturated carbocycles. The lowest BCUT2D eigenvalue weighted by Gasteiger charge is -2.11. The van der Waals surface area contributed by atoms with Crippen LogP contribution in [0.5, 0.6) is 5.75 Å². The van der Waals surface area contributed by atoms with Crippen molar-refractivity contribution in [2.75, 3.05) is 27.2 Å². The summed E-state index contributed by atoms with van der Waals surface area (Å²) in [7, 11) is 4.01. The molecular formula is C18H19NO3. The molecule has 0 fully saturated rings. The second-order valence-electron chi connectivity index (χ2n) is 5.24. The van der Waals surface area contributed by atoms with E-state index in [4.69, 9.17) is 4.74 Å². The summed E-state index contributed by atoms with van der Waals surface area (Å²) < 4.78 is 5.65. The third kappa shape index (κ3) is 4.27. The minimum atomic E-state index is -0.504. The predicted octanol–water partition coefficient (Wildman–Crippen LogP) is 2.68. The SMILES string of the molecule is CN(C)CCOc1ccc(-c2ccc(C(=O)C=O)cc2)cc1. The van der Waals surface area contributed by atoms with E-state index in [1.807, 2.05) is 50.5 Å². The van der Waals surface area contributed by atoms with E-state index < -0.39 is 5.78 Å². The summed E-state index contributed by atoms with van der Waals surface area (Å²) in [6, 6.07) is 14.8. The monoisotopic (exact) mass is 297 g/mol. The van der Waals surface area contributed by atoms with Crippen LogP contribution in [0.2, 0.25) is 0 Å². The molecule has 0 aliphatic heterocycles. The van der Waals surface area contributed by atoms with Gasteiger partial charge in [0.05, 0.1) is 0 Å². The lowest BCUT2D eigenvalue weighted by atomic mass is 10.0. The minimum absolute atomic E-state index is 0.328. The summed E-state index contributed by atoms with van der Waals surface area (Å²) in [5.41, 5.74) is 2.43. The summed E-state index contributed by atoms with van der Waals surface area (Å²) in [5.74, 6) is 0.328. The quantitative estimate of drug-likeness (QED) is 0.448. The molecule has 4 heteroatoms. The van der Waals surface area contributed by atoms with Gasteiger partial charge in [-0.3, -0.25) is 9.59 Å². The van der Waals surface area contributed by atoms with Crippen molar-refractivity contribution >= 4 is 12.1 Å². The molecule has 0 aromatic heterocycles. The molecule has 0 unspecified atom stereocenters. The molecule has 22 heavy (non-hydrogen) atoms. The van der Waals surface area contributed by atoms with Crippen LogP contribution in [0.3, 0.4) is 0 Å². The first-order valence-electron chi connectivity index (χ1n) is 7.07. The van der Waals surface area contributed by atoms with Gasteiger partial charge in [-0.2, -0.15) is 0 Å². The van der Waals surface area contributed by atoms with Crippen molar-refractivity contribution in [3.63, 3.8) is 0 Å². The van der Waals surface area contributed by atoms with Crippen LogP contribution < -0.4 is 4.74 Å². The Morgan fingerprint density at radius 3 is 2.05 bits per heavy atom. The average Bonchev–Trinajstić information content (AvgIpc) is 2.54. The van der Waals surface area contributed by atoms with E-state index in [1.165, 1.54) is 0 Å². The number of Topliss-reactive ketones (excluding diaryl/α,β-unsaturated/α-hetero) is 1. The zero-order chi connectivity index (χ0) is 15.9. The Bertz CT molecular complexity index is 630. The molecule has 0 atom stereocenters. The Hall–Kier alpha value is -2.46. The van der Waals surface area contributed by atoms with Crippen LogP contribution in [-0.2, 0) is 4.79 Å². The van der Waals surface area contributed by atoms with Crippen molar-refractivity contribution in [3.8, 4) is 16.9 Å². The van der Waals surface area contributed by atoms with Crippen molar-refractivity contribution in [1.82, 2.24) is 4.90 Å². The first kappa shape index (κ1) is 15.9. The topological polar surface area (TPSA) is 46.6 Å². The summed E-state index contributed by atoms with van der Waals surface area (Å²) in [5, 5.41) is 0. The number of hydrogen-bond donors (Lipinski definition) is 0. The summed E-state index contributed by atoms with van der Waals surface area (Å²) in [4.78, 5) is 23.8. The number of carbonyl (C=O) groups excluding carboxylic acids is 2. The minimum Gasteiger partial charge on any atom is -0.492 e. The third-order valence-corrected chi connectivity index (χ3v) is 3.27. The number of ketones is 1. The van der Waals surface area contributed by atoms with Crippen molar-refractivity contribution in [1.29, 1.82) is 0 Å². The highest BCUT2D eigenvalue weighted by molar-refractivity contribution is 6.33. The zero-order valence-electron chi connectivity index (χ0n) is 12.8. The molecular weight excluding hydrogens is 278 g/mol. The van der Waals surface area contributed by atoms with Gasteiger partial charge in [0.1, 0.15) is 12.4 Å². The van der Waals surface area contributed by atoms with Crippen LogP contribution in [0, 0.1) is 0 Å². The smallest absolute Gasteiger partial charge is 0.225 e. The van der Waals surface area contributed by atoms with Gasteiger partial charge in [-0.05, 0) is 37.4 Å². The van der Waals surface area contributed by atoms with Gasteiger partial charge in [-0.15, -0.1) is 0 Å². The normalized spacial score (nSPS) is 10.5. The Morgan fingerprint density at radius 2 is 1.55 bits per heavy atom. The summed E-state index contributed by atoms with van der Waals surface area (Å²) >= 11 is 0. The molecule has 114 valence electrons. The van der Waals surface area contributed by atoms with Crippen LogP contribution in [0.1, 0.15) is 10.4 Å². The summed E-state index contributed by atoms with van der Waals surface area (Å²) in [6.07, 6.45) is 0.328. The second-order valence-corrected chi connectivity index (χ2v) is 5.24. The molecule has 0 spiro atoms. The number of carbonyl (C=O) groups is 2. The van der Waals surface area contributed by atoms with Crippen molar-refractivity contribution in [3.05, 3.63) is 54.1 Å². The Labute approximate surface area is 130 Å². The molecule has 0 bridgehead atoms. The molecule has 2 aromatic carbocycles. The van der Waals surface area contributed by atoms with Crippen LogP contribution in [0.25, 0.3) is 11.1 Å². The van der Waals surface area contributed by atoms with E-state index in [1.54, 1.807) is 12.1 Å². The maximum atomic E-state index is 11.3. The van der Waals surface area contributed by atoms with Crippen LogP contribution in [0.15, 0.2) is 48.5 Å². The van der Waals surface area contributed by atoms with E-state index in [0.717, 1.165) is 23.4 Å². The second kappa shape index (κ2) is 7.52.